The van der Waals surface area contributed by atoms with Crippen molar-refractivity contribution in [3.05, 3.63) is 39.6 Å². The fourth-order valence-electron chi connectivity index (χ4n) is 3.18. The highest BCUT2D eigenvalue weighted by Gasteiger charge is 2.64. The molecule has 2 unspecified atom stereocenters. The SMILES string of the molecule is Cn1nc(C(F)(F)C(F)(F)F)c(C(F)(F)F)c1-n1cc(-c2cc(C(=O)NC3CC3F)c(Cl)s2)cn1. The summed E-state index contributed by atoms with van der Waals surface area (Å²) in [6.45, 7) is 0. The normalized spacial score (nSPS) is 18.7. The van der Waals surface area contributed by atoms with E-state index in [2.05, 4.69) is 15.5 Å². The van der Waals surface area contributed by atoms with Crippen LogP contribution < -0.4 is 5.32 Å². The van der Waals surface area contributed by atoms with Crippen LogP contribution in [0.4, 0.5) is 39.5 Å². The maximum absolute atomic E-state index is 13.9. The van der Waals surface area contributed by atoms with Crippen molar-refractivity contribution in [2.75, 3.05) is 0 Å². The number of carbonyl (C=O) groups excluding carboxylic acids is 1. The standard InChI is InChI=1S/C18H11ClF9N5OS/c1-32-15(11(17(23,24)25)12(31-32)16(21,22)18(26,27)28)33-5-6(4-29-33)10-2-7(13(19)35-10)14(34)30-9-3-8(9)20/h2,4-5,8-9H,3H2,1H3,(H,30,34). The summed E-state index contributed by atoms with van der Waals surface area (Å²) in [5.74, 6) is -7.76. The van der Waals surface area contributed by atoms with Crippen LogP contribution in [0.1, 0.15) is 28.0 Å². The van der Waals surface area contributed by atoms with Gasteiger partial charge < -0.3 is 5.32 Å². The minimum absolute atomic E-state index is 0.0232. The van der Waals surface area contributed by atoms with Gasteiger partial charge in [0.05, 0.1) is 17.8 Å². The third-order valence-electron chi connectivity index (χ3n) is 5.00. The largest absolute Gasteiger partial charge is 0.459 e. The first-order valence-electron chi connectivity index (χ1n) is 9.41. The van der Waals surface area contributed by atoms with Gasteiger partial charge in [-0.2, -0.15) is 45.3 Å². The highest BCUT2D eigenvalue weighted by Crippen LogP contribution is 2.49. The van der Waals surface area contributed by atoms with E-state index in [0.29, 0.717) is 4.68 Å². The monoisotopic (exact) mass is 551 g/mol. The van der Waals surface area contributed by atoms with Crippen LogP contribution in [0.5, 0.6) is 0 Å². The second-order valence-electron chi connectivity index (χ2n) is 7.54. The van der Waals surface area contributed by atoms with Gasteiger partial charge in [-0.15, -0.1) is 11.3 Å². The van der Waals surface area contributed by atoms with Gasteiger partial charge in [-0.3, -0.25) is 4.79 Å². The van der Waals surface area contributed by atoms with Gasteiger partial charge in [0.2, 0.25) is 0 Å². The lowest BCUT2D eigenvalue weighted by molar-refractivity contribution is -0.292. The zero-order valence-corrected chi connectivity index (χ0v) is 18.6. The molecule has 35 heavy (non-hydrogen) atoms. The maximum atomic E-state index is 13.9. The van der Waals surface area contributed by atoms with Crippen molar-refractivity contribution in [2.24, 2.45) is 7.05 Å². The summed E-state index contributed by atoms with van der Waals surface area (Å²) in [5, 5.41) is 8.87. The molecule has 1 N–H and O–H groups in total. The number of rotatable bonds is 5. The molecule has 1 amide bonds. The average molecular weight is 552 g/mol. The molecule has 0 spiro atoms. The van der Waals surface area contributed by atoms with Crippen molar-refractivity contribution in [1.29, 1.82) is 0 Å². The van der Waals surface area contributed by atoms with Crippen molar-refractivity contribution in [3.8, 4) is 16.3 Å². The number of aryl methyl sites for hydroxylation is 1. The molecule has 4 rings (SSSR count). The molecule has 3 aromatic heterocycles. The van der Waals surface area contributed by atoms with Crippen LogP contribution in [0.3, 0.4) is 0 Å². The van der Waals surface area contributed by atoms with E-state index in [0.717, 1.165) is 30.8 Å². The van der Waals surface area contributed by atoms with Crippen LogP contribution in [0.15, 0.2) is 18.5 Å². The molecule has 0 aliphatic heterocycles. The number of amides is 1. The highest BCUT2D eigenvalue weighted by atomic mass is 35.5. The molecule has 0 aromatic carbocycles. The van der Waals surface area contributed by atoms with Crippen LogP contribution in [-0.4, -0.2) is 43.9 Å². The molecule has 17 heteroatoms. The number of hydrogen-bond donors (Lipinski definition) is 1. The molecular formula is C18H11ClF9N5OS. The number of halogens is 10. The van der Waals surface area contributed by atoms with Gasteiger partial charge in [0, 0.05) is 30.1 Å². The van der Waals surface area contributed by atoms with Gasteiger partial charge in [-0.25, -0.2) is 13.8 Å². The molecule has 6 nitrogen and oxygen atoms in total. The second kappa shape index (κ2) is 8.15. The van der Waals surface area contributed by atoms with Crippen molar-refractivity contribution in [3.63, 3.8) is 0 Å². The van der Waals surface area contributed by atoms with E-state index < -0.39 is 53.5 Å². The Morgan fingerprint density at radius 2 is 1.83 bits per heavy atom. The van der Waals surface area contributed by atoms with Gasteiger partial charge in [0.25, 0.3) is 5.91 Å². The van der Waals surface area contributed by atoms with Crippen molar-refractivity contribution in [2.45, 2.75) is 36.9 Å². The minimum atomic E-state index is -6.33. The quantitative estimate of drug-likeness (QED) is 0.426. The first-order chi connectivity index (χ1) is 16.0. The van der Waals surface area contributed by atoms with Crippen LogP contribution >= 0.6 is 22.9 Å². The maximum Gasteiger partial charge on any atom is 0.459 e. The smallest absolute Gasteiger partial charge is 0.346 e. The van der Waals surface area contributed by atoms with Crippen LogP contribution in [-0.2, 0) is 19.1 Å². The van der Waals surface area contributed by atoms with E-state index >= 15 is 0 Å². The van der Waals surface area contributed by atoms with E-state index in [1.165, 1.54) is 6.07 Å². The predicted octanol–water partition coefficient (Wildman–Crippen LogP) is 5.50. The molecule has 0 saturated heterocycles. The second-order valence-corrected chi connectivity index (χ2v) is 9.20. The Balaban J connectivity index is 1.74. The Bertz CT molecular complexity index is 1290. The van der Waals surface area contributed by atoms with Crippen molar-refractivity contribution < 1.29 is 44.3 Å². The number of alkyl halides is 9. The van der Waals surface area contributed by atoms with E-state index in [-0.39, 0.29) is 31.4 Å². The van der Waals surface area contributed by atoms with Crippen LogP contribution in [0.25, 0.3) is 16.3 Å². The fraction of sp³-hybridized carbons (Fsp3) is 0.389. The third kappa shape index (κ3) is 4.48. The van der Waals surface area contributed by atoms with Gasteiger partial charge >= 0.3 is 18.3 Å². The van der Waals surface area contributed by atoms with Gasteiger partial charge in [-0.1, -0.05) is 11.6 Å². The molecule has 1 saturated carbocycles. The van der Waals surface area contributed by atoms with Gasteiger partial charge in [0.15, 0.2) is 11.5 Å². The topological polar surface area (TPSA) is 64.7 Å². The summed E-state index contributed by atoms with van der Waals surface area (Å²) in [5.41, 5.74) is -4.80. The third-order valence-corrected chi connectivity index (χ3v) is 6.41. The summed E-state index contributed by atoms with van der Waals surface area (Å²) in [6, 6.07) is 0.607. The Morgan fingerprint density at radius 1 is 1.20 bits per heavy atom. The van der Waals surface area contributed by atoms with Crippen LogP contribution in [0, 0.1) is 0 Å². The van der Waals surface area contributed by atoms with Crippen molar-refractivity contribution in [1.82, 2.24) is 24.9 Å². The lowest BCUT2D eigenvalue weighted by Crippen LogP contribution is -2.36. The highest BCUT2D eigenvalue weighted by molar-refractivity contribution is 7.19. The summed E-state index contributed by atoms with van der Waals surface area (Å²) >= 11 is 6.87. The summed E-state index contributed by atoms with van der Waals surface area (Å²) in [7, 11) is 0.752. The number of hydrogen-bond acceptors (Lipinski definition) is 4. The molecule has 1 fully saturated rings. The number of nitrogens with zero attached hydrogens (tertiary/aromatic N) is 4. The Hall–Kier alpha value is -2.75. The molecule has 190 valence electrons. The number of carbonyl (C=O) groups is 1. The molecule has 2 atom stereocenters. The molecular weight excluding hydrogens is 541 g/mol. The summed E-state index contributed by atoms with van der Waals surface area (Å²) < 4.78 is 121. The number of aromatic nitrogens is 4. The molecule has 0 bridgehead atoms. The Kier molecular flexibility index (Phi) is 5.90. The predicted molar refractivity (Wildman–Crippen MR) is 104 cm³/mol. The van der Waals surface area contributed by atoms with Gasteiger partial charge in [0.1, 0.15) is 16.1 Å². The lowest BCUT2D eigenvalue weighted by Gasteiger charge is -2.19. The lowest BCUT2D eigenvalue weighted by atomic mass is 10.1. The van der Waals surface area contributed by atoms with Crippen LogP contribution in [0.2, 0.25) is 4.34 Å². The Morgan fingerprint density at radius 3 is 2.37 bits per heavy atom. The number of thiophene rings is 1. The molecule has 0 radical (unpaired) electrons. The molecule has 1 aliphatic rings. The molecule has 3 heterocycles. The van der Waals surface area contributed by atoms with Crippen molar-refractivity contribution >= 4 is 28.8 Å². The molecule has 3 aromatic rings. The Labute approximate surface area is 198 Å². The van der Waals surface area contributed by atoms with E-state index in [1.807, 2.05) is 0 Å². The average Bonchev–Trinajstić information content (AvgIpc) is 3.11. The first kappa shape index (κ1) is 25.3. The minimum Gasteiger partial charge on any atom is -0.346 e. The van der Waals surface area contributed by atoms with E-state index in [1.54, 1.807) is 0 Å². The zero-order chi connectivity index (χ0) is 26.1. The summed E-state index contributed by atoms with van der Waals surface area (Å²) in [4.78, 5) is 12.5. The fourth-order valence-corrected chi connectivity index (χ4v) is 4.43. The molecule has 1 aliphatic carbocycles. The summed E-state index contributed by atoms with van der Waals surface area (Å²) in [6.07, 6.45) is -11.1. The number of nitrogens with one attached hydrogen (secondary N) is 1. The van der Waals surface area contributed by atoms with E-state index in [4.69, 9.17) is 11.6 Å². The van der Waals surface area contributed by atoms with E-state index in [9.17, 15) is 44.3 Å². The first-order valence-corrected chi connectivity index (χ1v) is 10.6. The zero-order valence-electron chi connectivity index (χ0n) is 17.0. The van der Waals surface area contributed by atoms with Gasteiger partial charge in [-0.05, 0) is 6.07 Å².